The van der Waals surface area contributed by atoms with Gasteiger partial charge in [0.05, 0.1) is 19.0 Å². The number of benzene rings is 1. The number of halogens is 1. The first-order chi connectivity index (χ1) is 10.8. The lowest BCUT2D eigenvalue weighted by Gasteiger charge is -2.26. The molecule has 6 nitrogen and oxygen atoms in total. The molecule has 22 heavy (non-hydrogen) atoms. The van der Waals surface area contributed by atoms with Gasteiger partial charge in [0.1, 0.15) is 5.75 Å². The van der Waals surface area contributed by atoms with Gasteiger partial charge in [-0.15, -0.1) is 5.10 Å². The van der Waals surface area contributed by atoms with Crippen molar-refractivity contribution in [3.05, 3.63) is 29.4 Å². The summed E-state index contributed by atoms with van der Waals surface area (Å²) in [5.74, 6) is 1.98. The minimum Gasteiger partial charge on any atom is -0.495 e. The van der Waals surface area contributed by atoms with Gasteiger partial charge < -0.3 is 15.0 Å². The maximum absolute atomic E-state index is 6.04. The fourth-order valence-corrected chi connectivity index (χ4v) is 2.67. The van der Waals surface area contributed by atoms with E-state index in [-0.39, 0.29) is 0 Å². The molecule has 7 heteroatoms. The maximum Gasteiger partial charge on any atom is 0.247 e. The molecule has 0 spiro atoms. The third-order valence-electron chi connectivity index (χ3n) is 3.61. The van der Waals surface area contributed by atoms with Crippen molar-refractivity contribution in [3.63, 3.8) is 0 Å². The Labute approximate surface area is 134 Å². The smallest absolute Gasteiger partial charge is 0.247 e. The third kappa shape index (κ3) is 3.39. The molecule has 0 radical (unpaired) electrons. The number of nitrogens with one attached hydrogen (secondary N) is 1. The largest absolute Gasteiger partial charge is 0.495 e. The Morgan fingerprint density at radius 3 is 2.82 bits per heavy atom. The van der Waals surface area contributed by atoms with Crippen LogP contribution in [0, 0.1) is 0 Å². The van der Waals surface area contributed by atoms with Crippen LogP contribution < -0.4 is 15.0 Å². The molecule has 3 rings (SSSR count). The number of nitrogens with zero attached hydrogens (tertiary/aromatic N) is 4. The van der Waals surface area contributed by atoms with Crippen LogP contribution in [0.5, 0.6) is 5.75 Å². The molecule has 2 heterocycles. The summed E-state index contributed by atoms with van der Waals surface area (Å²) in [5, 5.41) is 12.0. The third-order valence-corrected chi connectivity index (χ3v) is 3.85. The number of methoxy groups -OCH3 is 1. The van der Waals surface area contributed by atoms with E-state index in [0.29, 0.717) is 22.5 Å². The second-order valence-electron chi connectivity index (χ2n) is 5.16. The lowest BCUT2D eigenvalue weighted by atomic mass is 10.1. The van der Waals surface area contributed by atoms with Crippen LogP contribution in [-0.4, -0.2) is 35.4 Å². The number of ether oxygens (including phenoxy) is 1. The zero-order chi connectivity index (χ0) is 15.4. The molecule has 1 aliphatic rings. The van der Waals surface area contributed by atoms with Crippen LogP contribution in [0.25, 0.3) is 0 Å². The van der Waals surface area contributed by atoms with E-state index in [1.165, 1.54) is 19.3 Å². The predicted octanol–water partition coefficient (Wildman–Crippen LogP) is 3.27. The van der Waals surface area contributed by atoms with E-state index >= 15 is 0 Å². The summed E-state index contributed by atoms with van der Waals surface area (Å²) in [7, 11) is 1.62. The van der Waals surface area contributed by atoms with Crippen LogP contribution in [-0.2, 0) is 0 Å². The van der Waals surface area contributed by atoms with Crippen LogP contribution in [0.4, 0.5) is 17.5 Å². The quantitative estimate of drug-likeness (QED) is 0.933. The summed E-state index contributed by atoms with van der Waals surface area (Å²) in [4.78, 5) is 6.70. The molecule has 0 amide bonds. The highest BCUT2D eigenvalue weighted by atomic mass is 35.5. The van der Waals surface area contributed by atoms with Gasteiger partial charge in [-0.3, -0.25) is 0 Å². The first-order valence-corrected chi connectivity index (χ1v) is 7.69. The van der Waals surface area contributed by atoms with Crippen LogP contribution in [0.15, 0.2) is 24.4 Å². The number of anilines is 3. The molecule has 1 saturated heterocycles. The molecule has 1 N–H and O–H groups in total. The van der Waals surface area contributed by atoms with Crippen molar-refractivity contribution in [2.45, 2.75) is 19.3 Å². The van der Waals surface area contributed by atoms with Crippen molar-refractivity contribution in [1.82, 2.24) is 15.2 Å². The van der Waals surface area contributed by atoms with Gasteiger partial charge >= 0.3 is 0 Å². The topological polar surface area (TPSA) is 63.2 Å². The van der Waals surface area contributed by atoms with Crippen molar-refractivity contribution < 1.29 is 4.74 Å². The van der Waals surface area contributed by atoms with E-state index in [4.69, 9.17) is 16.3 Å². The van der Waals surface area contributed by atoms with Gasteiger partial charge in [0.25, 0.3) is 0 Å². The highest BCUT2D eigenvalue weighted by Crippen LogP contribution is 2.30. The second-order valence-corrected chi connectivity index (χ2v) is 5.60. The summed E-state index contributed by atoms with van der Waals surface area (Å²) in [5.41, 5.74) is 0.750. The van der Waals surface area contributed by atoms with E-state index in [9.17, 15) is 0 Å². The zero-order valence-electron chi connectivity index (χ0n) is 12.4. The molecule has 1 aliphatic heterocycles. The average molecular weight is 320 g/mol. The summed E-state index contributed by atoms with van der Waals surface area (Å²) in [6.07, 6.45) is 5.20. The van der Waals surface area contributed by atoms with Gasteiger partial charge in [-0.2, -0.15) is 10.1 Å². The van der Waals surface area contributed by atoms with Crippen molar-refractivity contribution in [2.75, 3.05) is 30.4 Å². The zero-order valence-corrected chi connectivity index (χ0v) is 13.2. The van der Waals surface area contributed by atoms with Crippen molar-refractivity contribution in [3.8, 4) is 5.75 Å². The van der Waals surface area contributed by atoms with E-state index in [2.05, 4.69) is 25.4 Å². The lowest BCUT2D eigenvalue weighted by Crippen LogP contribution is -2.31. The Morgan fingerprint density at radius 1 is 1.23 bits per heavy atom. The summed E-state index contributed by atoms with van der Waals surface area (Å²) < 4.78 is 5.32. The summed E-state index contributed by atoms with van der Waals surface area (Å²) in [6.45, 7) is 1.96. The molecule has 1 fully saturated rings. The van der Waals surface area contributed by atoms with Gasteiger partial charge in [0, 0.05) is 18.1 Å². The standard InChI is InChI=1S/C15H18ClN5O/c1-22-13-6-5-11(16)9-12(13)18-14-10-17-20-15(19-14)21-7-3-2-4-8-21/h5-6,9-10H,2-4,7-8H2,1H3,(H,18,19,20). The molecular weight excluding hydrogens is 302 g/mol. The average Bonchev–Trinajstić information content (AvgIpc) is 2.56. The Balaban J connectivity index is 1.82. The first kappa shape index (κ1) is 14.8. The van der Waals surface area contributed by atoms with Crippen molar-refractivity contribution in [2.24, 2.45) is 0 Å². The highest BCUT2D eigenvalue weighted by Gasteiger charge is 2.15. The minimum absolute atomic E-state index is 0.621. The SMILES string of the molecule is COc1ccc(Cl)cc1Nc1cnnc(N2CCCCC2)n1. The Hall–Kier alpha value is -2.08. The van der Waals surface area contributed by atoms with E-state index in [1.54, 1.807) is 25.4 Å². The summed E-state index contributed by atoms with van der Waals surface area (Å²) >= 11 is 6.04. The molecule has 1 aromatic carbocycles. The number of rotatable bonds is 4. The monoisotopic (exact) mass is 319 g/mol. The minimum atomic E-state index is 0.621. The van der Waals surface area contributed by atoms with Gasteiger partial charge in [0.15, 0.2) is 5.82 Å². The molecule has 0 atom stereocenters. The number of hydrogen-bond donors (Lipinski definition) is 1. The normalized spacial score (nSPS) is 14.7. The lowest BCUT2D eigenvalue weighted by molar-refractivity contribution is 0.417. The van der Waals surface area contributed by atoms with E-state index in [0.717, 1.165) is 18.8 Å². The Kier molecular flexibility index (Phi) is 4.58. The fraction of sp³-hybridized carbons (Fsp3) is 0.400. The van der Waals surface area contributed by atoms with Gasteiger partial charge in [0.2, 0.25) is 5.95 Å². The Morgan fingerprint density at radius 2 is 2.05 bits per heavy atom. The van der Waals surface area contributed by atoms with Crippen molar-refractivity contribution >= 4 is 29.1 Å². The molecule has 0 bridgehead atoms. The predicted molar refractivity (Wildman–Crippen MR) is 87.2 cm³/mol. The van der Waals surface area contributed by atoms with Crippen molar-refractivity contribution in [1.29, 1.82) is 0 Å². The molecule has 2 aromatic rings. The van der Waals surface area contributed by atoms with E-state index in [1.807, 2.05) is 6.07 Å². The molecule has 0 saturated carbocycles. The molecule has 0 unspecified atom stereocenters. The van der Waals surface area contributed by atoms with Gasteiger partial charge in [-0.1, -0.05) is 11.6 Å². The Bertz CT molecular complexity index is 646. The molecule has 0 aliphatic carbocycles. The van der Waals surface area contributed by atoms with E-state index < -0.39 is 0 Å². The van der Waals surface area contributed by atoms with Crippen LogP contribution in [0.2, 0.25) is 5.02 Å². The second kappa shape index (κ2) is 6.79. The van der Waals surface area contributed by atoms with Crippen LogP contribution >= 0.6 is 11.6 Å². The number of hydrogen-bond acceptors (Lipinski definition) is 6. The maximum atomic E-state index is 6.04. The van der Waals surface area contributed by atoms with Gasteiger partial charge in [-0.05, 0) is 37.5 Å². The highest BCUT2D eigenvalue weighted by molar-refractivity contribution is 6.31. The first-order valence-electron chi connectivity index (χ1n) is 7.31. The molecular formula is C15H18ClN5O. The van der Waals surface area contributed by atoms with Gasteiger partial charge in [-0.25, -0.2) is 0 Å². The molecule has 1 aromatic heterocycles. The fourth-order valence-electron chi connectivity index (χ4n) is 2.50. The number of aromatic nitrogens is 3. The van der Waals surface area contributed by atoms with Crippen LogP contribution in [0.3, 0.4) is 0 Å². The number of piperidine rings is 1. The molecule has 116 valence electrons. The van der Waals surface area contributed by atoms with Crippen LogP contribution in [0.1, 0.15) is 19.3 Å². The summed E-state index contributed by atoms with van der Waals surface area (Å²) in [6, 6.07) is 5.39.